The Morgan fingerprint density at radius 2 is 1.50 bits per heavy atom. The summed E-state index contributed by atoms with van der Waals surface area (Å²) in [6.45, 7) is 0. The number of hydrogen-bond donors (Lipinski definition) is 1. The fraction of sp³-hybridized carbons (Fsp3) is 0.409. The van der Waals surface area contributed by atoms with E-state index in [9.17, 15) is 9.90 Å². The fourth-order valence-electron chi connectivity index (χ4n) is 4.51. The summed E-state index contributed by atoms with van der Waals surface area (Å²) < 4.78 is 5.94. The van der Waals surface area contributed by atoms with E-state index in [0.29, 0.717) is 17.2 Å². The number of fused-ring (bicyclic) bond motifs is 2. The van der Waals surface area contributed by atoms with Gasteiger partial charge >= 0.3 is 5.97 Å². The van der Waals surface area contributed by atoms with E-state index in [1.165, 1.54) is 0 Å². The minimum atomic E-state index is -1.80. The molecule has 2 fully saturated rings. The molecule has 0 aromatic heterocycles. The van der Waals surface area contributed by atoms with E-state index >= 15 is 0 Å². The molecule has 2 aromatic carbocycles. The zero-order valence-corrected chi connectivity index (χ0v) is 15.0. The van der Waals surface area contributed by atoms with Crippen molar-refractivity contribution in [3.8, 4) is 0 Å². The van der Waals surface area contributed by atoms with E-state index in [-0.39, 0.29) is 12.1 Å². The van der Waals surface area contributed by atoms with Crippen molar-refractivity contribution in [2.24, 2.45) is 0 Å². The van der Waals surface area contributed by atoms with Crippen molar-refractivity contribution in [2.75, 3.05) is 7.05 Å². The number of nitrogens with zero attached hydrogens (tertiary/aromatic N) is 1. The molecule has 2 bridgehead atoms. The molecule has 26 heavy (non-hydrogen) atoms. The monoisotopic (exact) mass is 351 g/mol. The first-order chi connectivity index (χ1) is 12.6. The summed E-state index contributed by atoms with van der Waals surface area (Å²) in [4.78, 5) is 15.6. The topological polar surface area (TPSA) is 49.8 Å². The van der Waals surface area contributed by atoms with Gasteiger partial charge in [0.1, 0.15) is 6.10 Å². The summed E-state index contributed by atoms with van der Waals surface area (Å²) in [6.07, 6.45) is 3.96. The normalized spacial score (nSPS) is 25.8. The molecule has 0 aliphatic carbocycles. The third-order valence-corrected chi connectivity index (χ3v) is 6.05. The average Bonchev–Trinajstić information content (AvgIpc) is 2.92. The maximum absolute atomic E-state index is 13.2. The highest BCUT2D eigenvalue weighted by atomic mass is 16.6. The molecule has 2 aliphatic rings. The number of piperidine rings is 1. The molecule has 0 amide bonds. The van der Waals surface area contributed by atoms with Crippen LogP contribution in [0.5, 0.6) is 0 Å². The quantitative estimate of drug-likeness (QED) is 0.860. The number of aliphatic hydroxyl groups is 1. The zero-order valence-electron chi connectivity index (χ0n) is 15.0. The zero-order chi connectivity index (χ0) is 18.1. The second-order valence-electron chi connectivity index (χ2n) is 7.43. The van der Waals surface area contributed by atoms with Gasteiger partial charge in [-0.2, -0.15) is 0 Å². The van der Waals surface area contributed by atoms with Gasteiger partial charge in [-0.25, -0.2) is 4.79 Å². The van der Waals surface area contributed by atoms with Crippen molar-refractivity contribution < 1.29 is 14.6 Å². The lowest BCUT2D eigenvalue weighted by atomic mass is 9.86. The molecule has 4 nitrogen and oxygen atoms in total. The van der Waals surface area contributed by atoms with Gasteiger partial charge in [-0.05, 0) is 43.9 Å². The van der Waals surface area contributed by atoms with Crippen molar-refractivity contribution in [3.63, 3.8) is 0 Å². The Balaban J connectivity index is 1.65. The predicted octanol–water partition coefficient (Wildman–Crippen LogP) is 3.09. The van der Waals surface area contributed by atoms with Crippen molar-refractivity contribution in [2.45, 2.75) is 49.5 Å². The van der Waals surface area contributed by atoms with Crippen LogP contribution >= 0.6 is 0 Å². The van der Waals surface area contributed by atoms with Crippen LogP contribution < -0.4 is 0 Å². The van der Waals surface area contributed by atoms with E-state index in [0.717, 1.165) is 25.7 Å². The largest absolute Gasteiger partial charge is 0.458 e. The summed E-state index contributed by atoms with van der Waals surface area (Å²) in [5.74, 6) is -0.585. The van der Waals surface area contributed by atoms with Crippen LogP contribution in [0.3, 0.4) is 0 Å². The molecule has 4 rings (SSSR count). The first-order valence-corrected chi connectivity index (χ1v) is 9.37. The van der Waals surface area contributed by atoms with Crippen molar-refractivity contribution in [3.05, 3.63) is 71.8 Å². The number of rotatable bonds is 4. The number of benzene rings is 2. The maximum Gasteiger partial charge on any atom is 0.348 e. The van der Waals surface area contributed by atoms with E-state index in [2.05, 4.69) is 11.9 Å². The van der Waals surface area contributed by atoms with Crippen molar-refractivity contribution in [1.29, 1.82) is 0 Å². The molecule has 4 heteroatoms. The number of esters is 1. The first kappa shape index (κ1) is 17.3. The highest BCUT2D eigenvalue weighted by molar-refractivity contribution is 5.85. The Labute approximate surface area is 154 Å². The van der Waals surface area contributed by atoms with Gasteiger partial charge in [0.25, 0.3) is 0 Å². The second-order valence-corrected chi connectivity index (χ2v) is 7.43. The van der Waals surface area contributed by atoms with E-state index in [1.807, 2.05) is 36.4 Å². The first-order valence-electron chi connectivity index (χ1n) is 9.37. The van der Waals surface area contributed by atoms with Crippen LogP contribution in [0.2, 0.25) is 0 Å². The smallest absolute Gasteiger partial charge is 0.348 e. The summed E-state index contributed by atoms with van der Waals surface area (Å²) in [6, 6.07) is 19.0. The predicted molar refractivity (Wildman–Crippen MR) is 99.6 cm³/mol. The van der Waals surface area contributed by atoms with Gasteiger partial charge in [0.2, 0.25) is 5.60 Å². The van der Waals surface area contributed by atoms with Crippen molar-refractivity contribution >= 4 is 5.97 Å². The standard InChI is InChI=1S/C22H25NO3/c1-23-18-12-14-19(23)20(15-13-18)26-21(24)22(25,16-8-4-2-5-9-16)17-10-6-3-7-11-17/h2-11,18-20,25H,12-15H2,1H3/t18-,19-,20-/m1/s1. The molecular formula is C22H25NO3. The van der Waals surface area contributed by atoms with Gasteiger partial charge in [0, 0.05) is 12.1 Å². The Kier molecular flexibility index (Phi) is 4.55. The molecule has 2 heterocycles. The molecule has 2 aliphatic heterocycles. The Morgan fingerprint density at radius 3 is 2.08 bits per heavy atom. The van der Waals surface area contributed by atoms with E-state index < -0.39 is 11.6 Å². The molecular weight excluding hydrogens is 326 g/mol. The average molecular weight is 351 g/mol. The van der Waals surface area contributed by atoms with Crippen LogP contribution in [0, 0.1) is 0 Å². The summed E-state index contributed by atoms with van der Waals surface area (Å²) in [5, 5.41) is 11.5. The fourth-order valence-corrected chi connectivity index (χ4v) is 4.51. The third kappa shape index (κ3) is 2.83. The Morgan fingerprint density at radius 1 is 0.962 bits per heavy atom. The minimum Gasteiger partial charge on any atom is -0.458 e. The molecule has 2 saturated heterocycles. The van der Waals surface area contributed by atoms with Crippen LogP contribution in [0.15, 0.2) is 60.7 Å². The number of carbonyl (C=O) groups excluding carboxylic acids is 1. The van der Waals surface area contributed by atoms with E-state index in [1.54, 1.807) is 24.3 Å². The van der Waals surface area contributed by atoms with Crippen LogP contribution in [0.25, 0.3) is 0 Å². The lowest BCUT2D eigenvalue weighted by Crippen LogP contribution is -2.49. The molecule has 2 aromatic rings. The highest BCUT2D eigenvalue weighted by Crippen LogP contribution is 2.38. The molecule has 0 spiro atoms. The van der Waals surface area contributed by atoms with Gasteiger partial charge in [0.15, 0.2) is 0 Å². The third-order valence-electron chi connectivity index (χ3n) is 6.05. The summed E-state index contributed by atoms with van der Waals surface area (Å²) in [7, 11) is 2.11. The highest BCUT2D eigenvalue weighted by Gasteiger charge is 2.47. The summed E-state index contributed by atoms with van der Waals surface area (Å²) in [5.41, 5.74) is -0.731. The number of likely N-dealkylation sites (N-methyl/N-ethyl adjacent to an activating group) is 1. The minimum absolute atomic E-state index is 0.162. The van der Waals surface area contributed by atoms with Crippen LogP contribution in [0.1, 0.15) is 36.8 Å². The Hall–Kier alpha value is -2.17. The molecule has 0 saturated carbocycles. The lowest BCUT2D eigenvalue weighted by Gasteiger charge is -2.38. The lowest BCUT2D eigenvalue weighted by molar-refractivity contribution is -0.173. The summed E-state index contributed by atoms with van der Waals surface area (Å²) >= 11 is 0. The maximum atomic E-state index is 13.2. The number of hydrogen-bond acceptors (Lipinski definition) is 4. The van der Waals surface area contributed by atoms with Gasteiger partial charge in [0.05, 0.1) is 0 Å². The number of carbonyl (C=O) groups is 1. The van der Waals surface area contributed by atoms with E-state index in [4.69, 9.17) is 4.74 Å². The van der Waals surface area contributed by atoms with Crippen LogP contribution in [-0.2, 0) is 15.1 Å². The van der Waals surface area contributed by atoms with Gasteiger partial charge in [-0.15, -0.1) is 0 Å². The molecule has 3 atom stereocenters. The molecule has 0 radical (unpaired) electrons. The molecule has 136 valence electrons. The van der Waals surface area contributed by atoms with Crippen LogP contribution in [-0.4, -0.2) is 41.2 Å². The van der Waals surface area contributed by atoms with Crippen LogP contribution in [0.4, 0.5) is 0 Å². The van der Waals surface area contributed by atoms with Gasteiger partial charge in [-0.1, -0.05) is 60.7 Å². The second kappa shape index (κ2) is 6.86. The molecule has 1 N–H and O–H groups in total. The van der Waals surface area contributed by atoms with Crippen molar-refractivity contribution in [1.82, 2.24) is 4.90 Å². The number of ether oxygens (including phenoxy) is 1. The van der Waals surface area contributed by atoms with Gasteiger partial charge < -0.3 is 9.84 Å². The SMILES string of the molecule is CN1[C@@H]2CC[C@@H]1[C@H](OC(=O)C(O)(c1ccccc1)c1ccccc1)CC2. The molecule has 0 unspecified atom stereocenters. The van der Waals surface area contributed by atoms with Gasteiger partial charge in [-0.3, -0.25) is 4.90 Å². The Bertz CT molecular complexity index is 722.